The van der Waals surface area contributed by atoms with Crippen molar-refractivity contribution in [3.8, 4) is 0 Å². The van der Waals surface area contributed by atoms with Crippen molar-refractivity contribution in [3.63, 3.8) is 0 Å². The number of anilines is 1. The van der Waals surface area contributed by atoms with Gasteiger partial charge in [-0.3, -0.25) is 0 Å². The fourth-order valence-corrected chi connectivity index (χ4v) is 5.71. The molecule has 0 amide bonds. The lowest BCUT2D eigenvalue weighted by molar-refractivity contribution is 0.00150. The molecule has 0 saturated heterocycles. The first-order valence-corrected chi connectivity index (χ1v) is 13.2. The Morgan fingerprint density at radius 2 is 1.94 bits per heavy atom. The highest BCUT2D eigenvalue weighted by Crippen LogP contribution is 2.43. The molecule has 0 radical (unpaired) electrons. The van der Waals surface area contributed by atoms with Gasteiger partial charge in [0.15, 0.2) is 22.1 Å². The minimum atomic E-state index is -1.01. The lowest BCUT2D eigenvalue weighted by Crippen LogP contribution is -2.31. The van der Waals surface area contributed by atoms with Crippen LogP contribution in [0.3, 0.4) is 0 Å². The van der Waals surface area contributed by atoms with Gasteiger partial charge in [-0.2, -0.15) is 0 Å². The van der Waals surface area contributed by atoms with Crippen molar-refractivity contribution in [1.82, 2.24) is 45.2 Å². The summed E-state index contributed by atoms with van der Waals surface area (Å²) in [6.07, 6.45) is 2.06. The number of hydrogen-bond acceptors (Lipinski definition) is 11. The topological polar surface area (TPSA) is 153 Å². The predicted octanol–water partition coefficient (Wildman–Crippen LogP) is 1.66. The third-order valence-corrected chi connectivity index (χ3v) is 8.03. The summed E-state index contributed by atoms with van der Waals surface area (Å²) < 4.78 is 3.21. The molecule has 3 aromatic heterocycles. The van der Waals surface area contributed by atoms with E-state index < -0.39 is 18.2 Å². The van der Waals surface area contributed by atoms with Crippen LogP contribution in [0.5, 0.6) is 0 Å². The molecule has 36 heavy (non-hydrogen) atoms. The molecule has 2 aliphatic carbocycles. The Kier molecular flexibility index (Phi) is 6.27. The van der Waals surface area contributed by atoms with E-state index in [-0.39, 0.29) is 12.0 Å². The van der Waals surface area contributed by atoms with Crippen molar-refractivity contribution in [3.05, 3.63) is 42.2 Å². The number of aliphatic hydroxyl groups is 2. The van der Waals surface area contributed by atoms with Crippen molar-refractivity contribution >= 4 is 28.7 Å². The van der Waals surface area contributed by atoms with Gasteiger partial charge in [-0.25, -0.2) is 19.3 Å². The van der Waals surface area contributed by atoms with Crippen LogP contribution in [-0.2, 0) is 6.54 Å². The maximum atomic E-state index is 10.9. The fraction of sp³-hybridized carbons (Fsp3) is 0.522. The van der Waals surface area contributed by atoms with Gasteiger partial charge in [0, 0.05) is 30.2 Å². The summed E-state index contributed by atoms with van der Waals surface area (Å²) in [6, 6.07) is 10.2. The molecule has 0 aliphatic heterocycles. The van der Waals surface area contributed by atoms with Crippen molar-refractivity contribution in [1.29, 1.82) is 0 Å². The zero-order valence-corrected chi connectivity index (χ0v) is 20.6. The average Bonchev–Trinajstić information content (AvgIpc) is 3.19. The van der Waals surface area contributed by atoms with Crippen LogP contribution >= 0.6 is 11.8 Å². The summed E-state index contributed by atoms with van der Waals surface area (Å²) in [7, 11) is 0. The first-order chi connectivity index (χ1) is 17.6. The van der Waals surface area contributed by atoms with E-state index in [4.69, 9.17) is 9.97 Å². The van der Waals surface area contributed by atoms with Gasteiger partial charge in [0.2, 0.25) is 0 Å². The fourth-order valence-electron chi connectivity index (χ4n) is 5.02. The summed E-state index contributed by atoms with van der Waals surface area (Å²) in [5.41, 5.74) is 2.43. The molecule has 0 spiro atoms. The highest BCUT2D eigenvalue weighted by Gasteiger charge is 2.44. The molecular formula is C23H28N10O2S. The quantitative estimate of drug-likeness (QED) is 0.223. The van der Waals surface area contributed by atoms with Crippen LogP contribution in [0.4, 0.5) is 5.82 Å². The van der Waals surface area contributed by atoms with Gasteiger partial charge in [0.05, 0.1) is 12.1 Å². The number of nitrogens with zero attached hydrogens (tertiary/aromatic N) is 9. The molecule has 6 atom stereocenters. The number of fused-ring (bicyclic) bond motifs is 1. The predicted molar refractivity (Wildman–Crippen MR) is 132 cm³/mol. The number of thioether (sulfide) groups is 1. The Hall–Kier alpha value is -3.16. The van der Waals surface area contributed by atoms with Gasteiger partial charge in [-0.1, -0.05) is 54.2 Å². The highest BCUT2D eigenvalue weighted by molar-refractivity contribution is 7.99. The second-order valence-electron chi connectivity index (χ2n) is 9.49. The third kappa shape index (κ3) is 4.42. The van der Waals surface area contributed by atoms with E-state index in [1.165, 1.54) is 11.9 Å². The van der Waals surface area contributed by atoms with Crippen LogP contribution in [0.15, 0.2) is 41.8 Å². The summed E-state index contributed by atoms with van der Waals surface area (Å²) >= 11 is 1.58. The number of benzene rings is 1. The number of aliphatic hydroxyl groups excluding tert-OH is 2. The molecule has 3 heterocycles. The van der Waals surface area contributed by atoms with E-state index in [0.717, 1.165) is 18.6 Å². The Balaban J connectivity index is 1.29. The van der Waals surface area contributed by atoms with Crippen molar-refractivity contribution < 1.29 is 10.2 Å². The highest BCUT2D eigenvalue weighted by atomic mass is 32.2. The SMILES string of the molecule is CCCSc1nc(NC2CC2c2ccccc2)c2nnn([C@@H]3C[C@H](Cn4cnnn4)[C@@H](O)[C@H]3O)c2n1. The van der Waals surface area contributed by atoms with Gasteiger partial charge < -0.3 is 15.5 Å². The van der Waals surface area contributed by atoms with E-state index >= 15 is 0 Å². The van der Waals surface area contributed by atoms with Crippen molar-refractivity contribution in [2.24, 2.45) is 5.92 Å². The molecule has 0 bridgehead atoms. The number of nitrogens with one attached hydrogen (secondary N) is 1. The maximum absolute atomic E-state index is 10.9. The second-order valence-corrected chi connectivity index (χ2v) is 10.6. The molecule has 4 aromatic rings. The number of aromatic nitrogens is 9. The van der Waals surface area contributed by atoms with Gasteiger partial charge in [-0.05, 0) is 35.3 Å². The summed E-state index contributed by atoms with van der Waals surface area (Å²) in [6.45, 7) is 2.52. The minimum Gasteiger partial charge on any atom is -0.390 e. The number of rotatable bonds is 9. The van der Waals surface area contributed by atoms with Gasteiger partial charge in [0.1, 0.15) is 12.4 Å². The molecule has 2 aliphatic rings. The molecule has 13 heteroatoms. The van der Waals surface area contributed by atoms with Crippen LogP contribution in [0.25, 0.3) is 11.2 Å². The first kappa shape index (κ1) is 23.3. The standard InChI is InChI=1S/C23H28N10O2S/c1-2-8-36-23-26-21(25-16-10-15(16)13-6-4-3-5-7-13)18-22(27-23)33(30-28-18)17-9-14(19(34)20(17)35)11-32-12-24-29-31-32/h3-7,12,14-17,19-20,34-35H,2,8-11H2,1H3,(H,25,26,27)/t14-,15?,16?,17-,19-,20+/m1/s1. The minimum absolute atomic E-state index is 0.237. The number of hydrogen-bond donors (Lipinski definition) is 3. The van der Waals surface area contributed by atoms with E-state index in [0.29, 0.717) is 41.0 Å². The summed E-state index contributed by atoms with van der Waals surface area (Å²) in [5.74, 6) is 1.74. The third-order valence-electron chi connectivity index (χ3n) is 6.98. The smallest absolute Gasteiger partial charge is 0.191 e. The lowest BCUT2D eigenvalue weighted by atomic mass is 10.1. The summed E-state index contributed by atoms with van der Waals surface area (Å²) in [5, 5.41) is 45.9. The molecule has 2 unspecified atom stereocenters. The molecular weight excluding hydrogens is 480 g/mol. The van der Waals surface area contributed by atoms with Crippen molar-refractivity contribution in [2.75, 3.05) is 11.1 Å². The van der Waals surface area contributed by atoms with E-state index in [1.807, 2.05) is 6.07 Å². The number of tetrazole rings is 1. The van der Waals surface area contributed by atoms with E-state index in [1.54, 1.807) is 21.1 Å². The molecule has 3 N–H and O–H groups in total. The zero-order chi connectivity index (χ0) is 24.6. The maximum Gasteiger partial charge on any atom is 0.191 e. The van der Waals surface area contributed by atoms with Crippen LogP contribution in [-0.4, -0.2) is 79.4 Å². The zero-order valence-electron chi connectivity index (χ0n) is 19.8. The van der Waals surface area contributed by atoms with Crippen LogP contribution in [0.1, 0.15) is 43.7 Å². The molecule has 2 saturated carbocycles. The van der Waals surface area contributed by atoms with Gasteiger partial charge in [-0.15, -0.1) is 10.2 Å². The van der Waals surface area contributed by atoms with Crippen LogP contribution in [0.2, 0.25) is 0 Å². The lowest BCUT2D eigenvalue weighted by Gasteiger charge is -2.17. The molecule has 1 aromatic carbocycles. The molecule has 12 nitrogen and oxygen atoms in total. The Labute approximate surface area is 211 Å². The average molecular weight is 509 g/mol. The monoisotopic (exact) mass is 508 g/mol. The van der Waals surface area contributed by atoms with Crippen LogP contribution < -0.4 is 5.32 Å². The summed E-state index contributed by atoms with van der Waals surface area (Å²) in [4.78, 5) is 9.54. The normalized spacial score (nSPS) is 27.5. The Morgan fingerprint density at radius 3 is 2.72 bits per heavy atom. The molecule has 6 rings (SSSR count). The van der Waals surface area contributed by atoms with Crippen molar-refractivity contribution in [2.45, 2.75) is 68.1 Å². The molecule has 2 fully saturated rings. The van der Waals surface area contributed by atoms with Crippen LogP contribution in [0, 0.1) is 5.92 Å². The second kappa shape index (κ2) is 9.71. The van der Waals surface area contributed by atoms with Gasteiger partial charge >= 0.3 is 0 Å². The van der Waals surface area contributed by atoms with E-state index in [9.17, 15) is 10.2 Å². The Bertz CT molecular complexity index is 1320. The Morgan fingerprint density at radius 1 is 1.08 bits per heavy atom. The first-order valence-electron chi connectivity index (χ1n) is 12.3. The molecule has 188 valence electrons. The van der Waals surface area contributed by atoms with E-state index in [2.05, 4.69) is 62.3 Å². The van der Waals surface area contributed by atoms with Gasteiger partial charge in [0.25, 0.3) is 0 Å². The largest absolute Gasteiger partial charge is 0.390 e.